The number of anilines is 2. The number of carbonyl (C=O) groups excluding carboxylic acids is 2. The van der Waals surface area contributed by atoms with Gasteiger partial charge in [0.05, 0.1) is 0 Å². The second kappa shape index (κ2) is 6.30. The molecule has 0 saturated carbocycles. The number of aromatic nitrogens is 1. The molecule has 0 radical (unpaired) electrons. The number of nitrogens with two attached hydrogens (primary N) is 2. The van der Waals surface area contributed by atoms with Crippen molar-refractivity contribution in [1.82, 2.24) is 9.88 Å². The van der Waals surface area contributed by atoms with Crippen LogP contribution in [-0.2, 0) is 4.79 Å². The molecular formula is C13H21N5O2S. The van der Waals surface area contributed by atoms with Gasteiger partial charge in [0.2, 0.25) is 5.91 Å². The number of nitrogens with zero attached hydrogens (tertiary/aromatic N) is 3. The molecule has 2 heterocycles. The van der Waals surface area contributed by atoms with Gasteiger partial charge in [0.15, 0.2) is 5.13 Å². The Balaban J connectivity index is 2.25. The zero-order valence-corrected chi connectivity index (χ0v) is 13.2. The first kappa shape index (κ1) is 15.6. The lowest BCUT2D eigenvalue weighted by Gasteiger charge is -2.21. The minimum atomic E-state index is -0.532. The highest BCUT2D eigenvalue weighted by atomic mass is 32.1. The van der Waals surface area contributed by atoms with E-state index in [1.165, 1.54) is 16.2 Å². The van der Waals surface area contributed by atoms with Gasteiger partial charge in [-0.2, -0.15) is 0 Å². The van der Waals surface area contributed by atoms with Gasteiger partial charge in [-0.25, -0.2) is 4.98 Å². The number of thiazole rings is 1. The van der Waals surface area contributed by atoms with Crippen LogP contribution in [0.5, 0.6) is 0 Å². The van der Waals surface area contributed by atoms with Crippen LogP contribution in [0.4, 0.5) is 10.9 Å². The number of carbonyl (C=O) groups is 2. The predicted molar refractivity (Wildman–Crippen MR) is 83.3 cm³/mol. The average molecular weight is 311 g/mol. The largest absolute Gasteiger partial charge is 0.382 e. The molecule has 2 rings (SSSR count). The van der Waals surface area contributed by atoms with Crippen LogP contribution in [-0.4, -0.2) is 47.4 Å². The highest BCUT2D eigenvalue weighted by Crippen LogP contribution is 2.31. The first-order valence-corrected chi connectivity index (χ1v) is 7.92. The first-order chi connectivity index (χ1) is 9.99. The molecule has 1 unspecified atom stereocenters. The van der Waals surface area contributed by atoms with E-state index >= 15 is 0 Å². The van der Waals surface area contributed by atoms with Crippen molar-refractivity contribution < 1.29 is 9.59 Å². The highest BCUT2D eigenvalue weighted by molar-refractivity contribution is 7.18. The number of primary amides is 1. The average Bonchev–Trinajstić information content (AvgIpc) is 3.06. The summed E-state index contributed by atoms with van der Waals surface area (Å²) in [5.41, 5.74) is 11.2. The van der Waals surface area contributed by atoms with E-state index in [-0.39, 0.29) is 11.7 Å². The Bertz CT molecular complexity index is 541. The lowest BCUT2D eigenvalue weighted by Crippen LogP contribution is -2.43. The molecule has 1 fully saturated rings. The van der Waals surface area contributed by atoms with E-state index in [9.17, 15) is 9.59 Å². The summed E-state index contributed by atoms with van der Waals surface area (Å²) in [6, 6.07) is -0.532. The fourth-order valence-corrected chi connectivity index (χ4v) is 3.61. The molecule has 4 N–H and O–H groups in total. The van der Waals surface area contributed by atoms with E-state index in [4.69, 9.17) is 11.5 Å². The van der Waals surface area contributed by atoms with Gasteiger partial charge in [-0.3, -0.25) is 9.59 Å². The van der Waals surface area contributed by atoms with Crippen molar-refractivity contribution in [3.63, 3.8) is 0 Å². The number of nitrogen functional groups attached to an aromatic ring is 1. The Hall–Kier alpha value is -1.83. The zero-order valence-electron chi connectivity index (χ0n) is 12.3. The maximum atomic E-state index is 12.6. The van der Waals surface area contributed by atoms with Crippen LogP contribution in [0.1, 0.15) is 36.4 Å². The first-order valence-electron chi connectivity index (χ1n) is 7.11. The molecule has 116 valence electrons. The third-order valence-electron chi connectivity index (χ3n) is 3.71. The molecule has 0 spiro atoms. The highest BCUT2D eigenvalue weighted by Gasteiger charge is 2.35. The van der Waals surface area contributed by atoms with Gasteiger partial charge in [0.1, 0.15) is 16.7 Å². The van der Waals surface area contributed by atoms with E-state index in [1.54, 1.807) is 0 Å². The fraction of sp³-hybridized carbons (Fsp3) is 0.615. The van der Waals surface area contributed by atoms with Crippen LogP contribution < -0.4 is 16.4 Å². The quantitative estimate of drug-likeness (QED) is 0.831. The molecule has 1 aliphatic heterocycles. The summed E-state index contributed by atoms with van der Waals surface area (Å²) < 4.78 is 0. The van der Waals surface area contributed by atoms with Crippen molar-refractivity contribution in [3.05, 3.63) is 4.88 Å². The molecule has 2 amide bonds. The minimum absolute atomic E-state index is 0.224. The Kier molecular flexibility index (Phi) is 4.66. The summed E-state index contributed by atoms with van der Waals surface area (Å²) in [5, 5.41) is 0.732. The van der Waals surface area contributed by atoms with Crippen molar-refractivity contribution in [2.45, 2.75) is 32.7 Å². The van der Waals surface area contributed by atoms with E-state index in [0.717, 1.165) is 24.6 Å². The van der Waals surface area contributed by atoms with Crippen molar-refractivity contribution >= 4 is 34.1 Å². The van der Waals surface area contributed by atoms with Gasteiger partial charge in [0, 0.05) is 19.6 Å². The maximum Gasteiger partial charge on any atom is 0.268 e. The molecule has 8 heteroatoms. The summed E-state index contributed by atoms with van der Waals surface area (Å²) in [5.74, 6) is -0.486. The monoisotopic (exact) mass is 311 g/mol. The van der Waals surface area contributed by atoms with E-state index < -0.39 is 11.9 Å². The molecule has 0 aromatic carbocycles. The number of amides is 2. The lowest BCUT2D eigenvalue weighted by atomic mass is 10.2. The normalized spacial score (nSPS) is 18.0. The third kappa shape index (κ3) is 2.94. The molecule has 1 aromatic heterocycles. The minimum Gasteiger partial charge on any atom is -0.382 e. The van der Waals surface area contributed by atoms with Crippen molar-refractivity contribution in [2.24, 2.45) is 5.73 Å². The van der Waals surface area contributed by atoms with Crippen LogP contribution >= 0.6 is 11.3 Å². The van der Waals surface area contributed by atoms with Gasteiger partial charge >= 0.3 is 0 Å². The molecule has 1 saturated heterocycles. The van der Waals surface area contributed by atoms with Crippen LogP contribution in [0.2, 0.25) is 0 Å². The van der Waals surface area contributed by atoms with Crippen LogP contribution in [0.3, 0.4) is 0 Å². The predicted octanol–water partition coefficient (Wildman–Crippen LogP) is 0.661. The second-order valence-electron chi connectivity index (χ2n) is 4.94. The van der Waals surface area contributed by atoms with Crippen molar-refractivity contribution in [1.29, 1.82) is 0 Å². The van der Waals surface area contributed by atoms with Crippen molar-refractivity contribution in [3.8, 4) is 0 Å². The van der Waals surface area contributed by atoms with Gasteiger partial charge in [-0.15, -0.1) is 0 Å². The Morgan fingerprint density at radius 2 is 2.10 bits per heavy atom. The van der Waals surface area contributed by atoms with E-state index in [2.05, 4.69) is 4.98 Å². The maximum absolute atomic E-state index is 12.6. The van der Waals surface area contributed by atoms with Gasteiger partial charge < -0.3 is 21.3 Å². The standard InChI is InChI=1S/C13H21N5O2S/c1-3-17(4-2)13-16-10(14)9(21-13)12(20)18-7-5-6-8(18)11(15)19/h8H,3-7,14H2,1-2H3,(H2,15,19). The molecule has 1 aliphatic rings. The zero-order chi connectivity index (χ0) is 15.6. The Morgan fingerprint density at radius 3 is 2.67 bits per heavy atom. The molecular weight excluding hydrogens is 290 g/mol. The summed E-state index contributed by atoms with van der Waals surface area (Å²) in [7, 11) is 0. The van der Waals surface area contributed by atoms with Crippen LogP contribution in [0, 0.1) is 0 Å². The smallest absolute Gasteiger partial charge is 0.268 e. The molecule has 21 heavy (non-hydrogen) atoms. The summed E-state index contributed by atoms with van der Waals surface area (Å²) in [6.07, 6.45) is 1.39. The summed E-state index contributed by atoms with van der Waals surface area (Å²) in [6.45, 7) is 6.16. The second-order valence-corrected chi connectivity index (χ2v) is 5.92. The van der Waals surface area contributed by atoms with Gasteiger partial charge in [-0.05, 0) is 26.7 Å². The molecule has 0 aliphatic carbocycles. The number of likely N-dealkylation sites (tertiary alicyclic amines) is 1. The van der Waals surface area contributed by atoms with E-state index in [0.29, 0.717) is 17.8 Å². The molecule has 1 aromatic rings. The summed E-state index contributed by atoms with van der Waals surface area (Å²) >= 11 is 1.27. The van der Waals surface area contributed by atoms with Gasteiger partial charge in [0.25, 0.3) is 5.91 Å². The molecule has 1 atom stereocenters. The lowest BCUT2D eigenvalue weighted by molar-refractivity contribution is -0.121. The third-order valence-corrected chi connectivity index (χ3v) is 4.83. The SMILES string of the molecule is CCN(CC)c1nc(N)c(C(=O)N2CCCC2C(N)=O)s1. The molecule has 0 bridgehead atoms. The number of hydrogen-bond donors (Lipinski definition) is 2. The van der Waals surface area contributed by atoms with Gasteiger partial charge in [-0.1, -0.05) is 11.3 Å². The number of hydrogen-bond acceptors (Lipinski definition) is 6. The van der Waals surface area contributed by atoms with Crippen LogP contribution in [0.25, 0.3) is 0 Å². The summed E-state index contributed by atoms with van der Waals surface area (Å²) in [4.78, 5) is 32.2. The van der Waals surface area contributed by atoms with Crippen molar-refractivity contribution in [2.75, 3.05) is 30.3 Å². The fourth-order valence-electron chi connectivity index (χ4n) is 2.54. The van der Waals surface area contributed by atoms with Crippen LogP contribution in [0.15, 0.2) is 0 Å². The molecule has 7 nitrogen and oxygen atoms in total. The number of rotatable bonds is 5. The Labute approximate surface area is 127 Å². The van der Waals surface area contributed by atoms with E-state index in [1.807, 2.05) is 18.7 Å². The Morgan fingerprint density at radius 1 is 1.43 bits per heavy atom. The topological polar surface area (TPSA) is 106 Å².